The SMILES string of the molecule is N#Cc1ccccc1Cn1nnnc1-c1ccc(O)cc1. The third-order valence-electron chi connectivity index (χ3n) is 3.12. The summed E-state index contributed by atoms with van der Waals surface area (Å²) in [5, 5.41) is 30.1. The van der Waals surface area contributed by atoms with Crippen LogP contribution in [0.2, 0.25) is 0 Å². The van der Waals surface area contributed by atoms with Gasteiger partial charge in [0.15, 0.2) is 5.82 Å². The van der Waals surface area contributed by atoms with Gasteiger partial charge in [-0.25, -0.2) is 4.68 Å². The van der Waals surface area contributed by atoms with Gasteiger partial charge in [-0.05, 0) is 46.3 Å². The molecule has 0 radical (unpaired) electrons. The molecular formula is C15H11N5O. The fourth-order valence-electron chi connectivity index (χ4n) is 2.06. The van der Waals surface area contributed by atoms with Gasteiger partial charge < -0.3 is 5.11 Å². The summed E-state index contributed by atoms with van der Waals surface area (Å²) in [5.74, 6) is 0.773. The summed E-state index contributed by atoms with van der Waals surface area (Å²) < 4.78 is 1.63. The lowest BCUT2D eigenvalue weighted by atomic mass is 10.1. The minimum atomic E-state index is 0.188. The molecule has 0 atom stereocenters. The topological polar surface area (TPSA) is 87.6 Å². The van der Waals surface area contributed by atoms with E-state index in [4.69, 9.17) is 5.26 Å². The Morgan fingerprint density at radius 3 is 2.62 bits per heavy atom. The summed E-state index contributed by atoms with van der Waals surface area (Å²) >= 11 is 0. The van der Waals surface area contributed by atoms with Crippen LogP contribution in [0.5, 0.6) is 5.75 Å². The van der Waals surface area contributed by atoms with Crippen LogP contribution in [0.1, 0.15) is 11.1 Å². The lowest BCUT2D eigenvalue weighted by molar-refractivity contribution is 0.475. The molecule has 0 aliphatic rings. The monoisotopic (exact) mass is 277 g/mol. The Balaban J connectivity index is 1.96. The van der Waals surface area contributed by atoms with Crippen LogP contribution in [-0.4, -0.2) is 25.3 Å². The number of benzene rings is 2. The molecule has 0 saturated carbocycles. The Morgan fingerprint density at radius 2 is 1.86 bits per heavy atom. The zero-order valence-corrected chi connectivity index (χ0v) is 11.0. The van der Waals surface area contributed by atoms with Crippen LogP contribution in [0.25, 0.3) is 11.4 Å². The van der Waals surface area contributed by atoms with E-state index in [2.05, 4.69) is 21.6 Å². The Bertz CT molecular complexity index is 801. The van der Waals surface area contributed by atoms with Gasteiger partial charge in [-0.1, -0.05) is 18.2 Å². The number of phenols is 1. The van der Waals surface area contributed by atoms with Gasteiger partial charge in [0.25, 0.3) is 0 Å². The summed E-state index contributed by atoms with van der Waals surface area (Å²) in [6.45, 7) is 0.410. The molecule has 1 N–H and O–H groups in total. The van der Waals surface area contributed by atoms with Gasteiger partial charge >= 0.3 is 0 Å². The number of phenolic OH excluding ortho intramolecular Hbond substituents is 1. The number of nitriles is 1. The zero-order valence-electron chi connectivity index (χ0n) is 11.0. The minimum absolute atomic E-state index is 0.188. The van der Waals surface area contributed by atoms with Gasteiger partial charge in [0, 0.05) is 5.56 Å². The number of nitrogens with zero attached hydrogens (tertiary/aromatic N) is 5. The first-order valence-corrected chi connectivity index (χ1v) is 6.31. The maximum Gasteiger partial charge on any atom is 0.182 e. The lowest BCUT2D eigenvalue weighted by Crippen LogP contribution is -2.05. The second-order valence-corrected chi connectivity index (χ2v) is 4.48. The molecule has 0 aliphatic heterocycles. The highest BCUT2D eigenvalue weighted by molar-refractivity contribution is 5.56. The summed E-state index contributed by atoms with van der Waals surface area (Å²) in [6.07, 6.45) is 0. The van der Waals surface area contributed by atoms with E-state index in [0.717, 1.165) is 11.1 Å². The van der Waals surface area contributed by atoms with Gasteiger partial charge in [-0.3, -0.25) is 0 Å². The molecule has 0 aliphatic carbocycles. The quantitative estimate of drug-likeness (QED) is 0.790. The van der Waals surface area contributed by atoms with Crippen molar-refractivity contribution in [2.75, 3.05) is 0 Å². The summed E-state index contributed by atoms with van der Waals surface area (Å²) in [5.41, 5.74) is 2.25. The van der Waals surface area contributed by atoms with Crippen molar-refractivity contribution < 1.29 is 5.11 Å². The molecule has 0 bridgehead atoms. The van der Waals surface area contributed by atoms with Gasteiger partial charge in [0.1, 0.15) is 5.75 Å². The van der Waals surface area contributed by atoms with E-state index in [-0.39, 0.29) is 5.75 Å². The fourth-order valence-corrected chi connectivity index (χ4v) is 2.06. The summed E-state index contributed by atoms with van der Waals surface area (Å²) in [4.78, 5) is 0. The second kappa shape index (κ2) is 5.43. The molecule has 3 rings (SSSR count). The summed E-state index contributed by atoms with van der Waals surface area (Å²) in [7, 11) is 0. The molecule has 6 heteroatoms. The third-order valence-corrected chi connectivity index (χ3v) is 3.12. The summed E-state index contributed by atoms with van der Waals surface area (Å²) in [6, 6.07) is 16.1. The number of aromatic hydroxyl groups is 1. The largest absolute Gasteiger partial charge is 0.508 e. The molecule has 0 amide bonds. The molecular weight excluding hydrogens is 266 g/mol. The van der Waals surface area contributed by atoms with E-state index in [9.17, 15) is 5.11 Å². The first-order valence-electron chi connectivity index (χ1n) is 6.31. The van der Waals surface area contributed by atoms with Crippen LogP contribution in [0.15, 0.2) is 48.5 Å². The molecule has 1 aromatic heterocycles. The average Bonchev–Trinajstić information content (AvgIpc) is 2.97. The van der Waals surface area contributed by atoms with Crippen molar-refractivity contribution in [3.63, 3.8) is 0 Å². The average molecular weight is 277 g/mol. The van der Waals surface area contributed by atoms with Crippen LogP contribution in [0.3, 0.4) is 0 Å². The first kappa shape index (κ1) is 12.8. The van der Waals surface area contributed by atoms with E-state index >= 15 is 0 Å². The number of hydrogen-bond donors (Lipinski definition) is 1. The Morgan fingerprint density at radius 1 is 1.10 bits per heavy atom. The molecule has 0 unspecified atom stereocenters. The highest BCUT2D eigenvalue weighted by Gasteiger charge is 2.11. The molecule has 21 heavy (non-hydrogen) atoms. The van der Waals surface area contributed by atoms with Crippen LogP contribution < -0.4 is 0 Å². The Kier molecular flexibility index (Phi) is 3.31. The van der Waals surface area contributed by atoms with Crippen LogP contribution in [0.4, 0.5) is 0 Å². The van der Waals surface area contributed by atoms with Gasteiger partial charge in [-0.15, -0.1) is 5.10 Å². The second-order valence-electron chi connectivity index (χ2n) is 4.48. The molecule has 0 spiro atoms. The number of aromatic nitrogens is 4. The smallest absolute Gasteiger partial charge is 0.182 e. The minimum Gasteiger partial charge on any atom is -0.508 e. The van der Waals surface area contributed by atoms with E-state index in [1.165, 1.54) is 0 Å². The molecule has 6 nitrogen and oxygen atoms in total. The van der Waals surface area contributed by atoms with E-state index < -0.39 is 0 Å². The van der Waals surface area contributed by atoms with Crippen molar-refractivity contribution in [1.29, 1.82) is 5.26 Å². The van der Waals surface area contributed by atoms with E-state index in [1.807, 2.05) is 18.2 Å². The van der Waals surface area contributed by atoms with Gasteiger partial charge in [0.2, 0.25) is 0 Å². The molecule has 102 valence electrons. The van der Waals surface area contributed by atoms with Crippen LogP contribution in [-0.2, 0) is 6.54 Å². The fraction of sp³-hybridized carbons (Fsp3) is 0.0667. The standard InChI is InChI=1S/C15H11N5O/c16-9-12-3-1-2-4-13(12)10-20-15(17-18-19-20)11-5-7-14(21)8-6-11/h1-8,21H,10H2. The Labute approximate surface area is 120 Å². The van der Waals surface area contributed by atoms with Crippen molar-refractivity contribution in [1.82, 2.24) is 20.2 Å². The highest BCUT2D eigenvalue weighted by Crippen LogP contribution is 2.20. The lowest BCUT2D eigenvalue weighted by Gasteiger charge is -2.06. The third kappa shape index (κ3) is 2.58. The van der Waals surface area contributed by atoms with Crippen LogP contribution in [0, 0.1) is 11.3 Å². The first-order chi connectivity index (χ1) is 10.3. The van der Waals surface area contributed by atoms with Gasteiger partial charge in [0.05, 0.1) is 18.2 Å². The number of tetrazole rings is 1. The molecule has 2 aromatic carbocycles. The maximum absolute atomic E-state index is 9.33. The van der Waals surface area contributed by atoms with E-state index in [1.54, 1.807) is 35.0 Å². The van der Waals surface area contributed by atoms with Crippen molar-refractivity contribution in [3.05, 3.63) is 59.7 Å². The maximum atomic E-state index is 9.33. The number of rotatable bonds is 3. The van der Waals surface area contributed by atoms with Crippen molar-refractivity contribution in [2.24, 2.45) is 0 Å². The number of hydrogen-bond acceptors (Lipinski definition) is 5. The zero-order chi connectivity index (χ0) is 14.7. The molecule has 1 heterocycles. The van der Waals surface area contributed by atoms with Crippen molar-refractivity contribution in [2.45, 2.75) is 6.54 Å². The molecule has 0 fully saturated rings. The van der Waals surface area contributed by atoms with Crippen molar-refractivity contribution in [3.8, 4) is 23.2 Å². The molecule has 3 aromatic rings. The normalized spacial score (nSPS) is 10.2. The highest BCUT2D eigenvalue weighted by atomic mass is 16.3. The molecule has 0 saturated heterocycles. The van der Waals surface area contributed by atoms with Gasteiger partial charge in [-0.2, -0.15) is 5.26 Å². The predicted molar refractivity (Wildman–Crippen MR) is 75.2 cm³/mol. The van der Waals surface area contributed by atoms with Crippen LogP contribution >= 0.6 is 0 Å². The van der Waals surface area contributed by atoms with Crippen molar-refractivity contribution >= 4 is 0 Å². The van der Waals surface area contributed by atoms with E-state index in [0.29, 0.717) is 17.9 Å². The predicted octanol–water partition coefficient (Wildman–Crippen LogP) is 1.97. The Hall–Kier alpha value is -3.20.